The van der Waals surface area contributed by atoms with E-state index in [2.05, 4.69) is 4.98 Å². The fourth-order valence-electron chi connectivity index (χ4n) is 2.46. The fourth-order valence-corrected chi connectivity index (χ4v) is 2.46. The van der Waals surface area contributed by atoms with E-state index < -0.39 is 12.1 Å². The predicted octanol–water partition coefficient (Wildman–Crippen LogP) is 3.37. The molecule has 0 fully saturated rings. The molecule has 5 nitrogen and oxygen atoms in total. The minimum absolute atomic E-state index is 0.00838. The van der Waals surface area contributed by atoms with Gasteiger partial charge in [-0.3, -0.25) is 4.79 Å². The van der Waals surface area contributed by atoms with E-state index in [0.717, 1.165) is 11.3 Å². The molecule has 0 saturated carbocycles. The highest BCUT2D eigenvalue weighted by molar-refractivity contribution is 5.90. The van der Waals surface area contributed by atoms with Gasteiger partial charge >= 0.3 is 5.97 Å². The molecule has 0 bridgehead atoms. The van der Waals surface area contributed by atoms with Crippen LogP contribution in [0.25, 0.3) is 0 Å². The van der Waals surface area contributed by atoms with Gasteiger partial charge in [0.15, 0.2) is 6.10 Å². The van der Waals surface area contributed by atoms with Crippen molar-refractivity contribution in [2.75, 3.05) is 0 Å². The second-order valence-corrected chi connectivity index (χ2v) is 6.26. The molecule has 1 unspecified atom stereocenters. The van der Waals surface area contributed by atoms with E-state index in [1.165, 1.54) is 0 Å². The molecule has 2 rings (SSSR count). The van der Waals surface area contributed by atoms with Crippen LogP contribution >= 0.6 is 0 Å². The first-order valence-corrected chi connectivity index (χ1v) is 8.37. The number of aromatic nitrogens is 1. The molecular weight excluding hydrogens is 316 g/mol. The zero-order valence-corrected chi connectivity index (χ0v) is 15.1. The number of hydrogen-bond acceptors (Lipinski definition) is 4. The van der Waals surface area contributed by atoms with Crippen molar-refractivity contribution < 1.29 is 14.3 Å². The maximum atomic E-state index is 12.8. The van der Waals surface area contributed by atoms with Crippen molar-refractivity contribution in [1.29, 1.82) is 0 Å². The molecule has 0 N–H and O–H groups in total. The van der Waals surface area contributed by atoms with Gasteiger partial charge in [-0.05, 0) is 45.4 Å². The second kappa shape index (κ2) is 8.42. The third-order valence-electron chi connectivity index (χ3n) is 3.83. The highest BCUT2D eigenvalue weighted by Crippen LogP contribution is 2.12. The molecule has 0 radical (unpaired) electrons. The van der Waals surface area contributed by atoms with Crippen LogP contribution in [-0.2, 0) is 16.1 Å². The molecule has 2 aromatic rings. The van der Waals surface area contributed by atoms with Gasteiger partial charge in [-0.1, -0.05) is 36.4 Å². The van der Waals surface area contributed by atoms with Crippen molar-refractivity contribution in [1.82, 2.24) is 9.88 Å². The zero-order chi connectivity index (χ0) is 18.4. The number of ether oxygens (including phenoxy) is 1. The highest BCUT2D eigenvalue weighted by atomic mass is 16.5. The fraction of sp³-hybridized carbons (Fsp3) is 0.350. The molecule has 1 amide bonds. The Bertz CT molecular complexity index is 729. The Balaban J connectivity index is 2.06. The topological polar surface area (TPSA) is 59.5 Å². The Labute approximate surface area is 148 Å². The summed E-state index contributed by atoms with van der Waals surface area (Å²) in [6, 6.07) is 14.8. The number of benzene rings is 1. The van der Waals surface area contributed by atoms with E-state index in [9.17, 15) is 9.59 Å². The van der Waals surface area contributed by atoms with Crippen molar-refractivity contribution >= 4 is 11.9 Å². The first kappa shape index (κ1) is 18.6. The molecule has 25 heavy (non-hydrogen) atoms. The van der Waals surface area contributed by atoms with Crippen molar-refractivity contribution in [2.24, 2.45) is 0 Å². The number of rotatable bonds is 6. The molecule has 1 atom stereocenters. The van der Waals surface area contributed by atoms with E-state index in [1.807, 2.05) is 44.2 Å². The summed E-state index contributed by atoms with van der Waals surface area (Å²) in [4.78, 5) is 30.8. The summed E-state index contributed by atoms with van der Waals surface area (Å²) < 4.78 is 5.33. The summed E-state index contributed by atoms with van der Waals surface area (Å²) in [5, 5.41) is 0. The van der Waals surface area contributed by atoms with Crippen LogP contribution in [0.3, 0.4) is 0 Å². The minimum atomic E-state index is -0.874. The number of nitrogens with zero attached hydrogens (tertiary/aromatic N) is 2. The van der Waals surface area contributed by atoms with Gasteiger partial charge in [-0.2, -0.15) is 0 Å². The first-order valence-electron chi connectivity index (χ1n) is 8.37. The molecule has 0 aliphatic rings. The van der Waals surface area contributed by atoms with E-state index in [4.69, 9.17) is 4.74 Å². The maximum Gasteiger partial charge on any atom is 0.357 e. The second-order valence-electron chi connectivity index (χ2n) is 6.26. The Morgan fingerprint density at radius 1 is 1.04 bits per heavy atom. The van der Waals surface area contributed by atoms with Crippen molar-refractivity contribution in [2.45, 2.75) is 46.4 Å². The molecule has 0 saturated heterocycles. The van der Waals surface area contributed by atoms with Gasteiger partial charge in [-0.15, -0.1) is 0 Å². The molecule has 5 heteroatoms. The van der Waals surface area contributed by atoms with E-state index in [0.29, 0.717) is 6.54 Å². The number of pyridine rings is 1. The zero-order valence-electron chi connectivity index (χ0n) is 15.1. The van der Waals surface area contributed by atoms with Crippen LogP contribution in [0.1, 0.15) is 42.5 Å². The third kappa shape index (κ3) is 5.14. The van der Waals surface area contributed by atoms with Gasteiger partial charge < -0.3 is 9.64 Å². The van der Waals surface area contributed by atoms with Crippen LogP contribution in [0.4, 0.5) is 0 Å². The lowest BCUT2D eigenvalue weighted by molar-refractivity contribution is -0.142. The number of hydrogen-bond donors (Lipinski definition) is 0. The van der Waals surface area contributed by atoms with Crippen LogP contribution in [0.2, 0.25) is 0 Å². The molecular formula is C20H24N2O3. The summed E-state index contributed by atoms with van der Waals surface area (Å²) in [5.74, 6) is -0.812. The van der Waals surface area contributed by atoms with Gasteiger partial charge in [0.05, 0.1) is 0 Å². The summed E-state index contributed by atoms with van der Waals surface area (Å²) in [5.41, 5.74) is 1.96. The lowest BCUT2D eigenvalue weighted by Gasteiger charge is -2.29. The number of esters is 1. The van der Waals surface area contributed by atoms with Gasteiger partial charge in [0.1, 0.15) is 5.69 Å². The Morgan fingerprint density at radius 2 is 1.72 bits per heavy atom. The lowest BCUT2D eigenvalue weighted by Crippen LogP contribution is -2.43. The quantitative estimate of drug-likeness (QED) is 0.757. The molecule has 1 heterocycles. The first-order chi connectivity index (χ1) is 11.9. The van der Waals surface area contributed by atoms with Crippen molar-refractivity contribution in [3.63, 3.8) is 0 Å². The van der Waals surface area contributed by atoms with Crippen molar-refractivity contribution in [3.05, 3.63) is 65.5 Å². The average Bonchev–Trinajstić information content (AvgIpc) is 2.59. The average molecular weight is 340 g/mol. The Kier molecular flexibility index (Phi) is 6.28. The summed E-state index contributed by atoms with van der Waals surface area (Å²) in [7, 11) is 0. The molecule has 0 spiro atoms. The Hall–Kier alpha value is -2.69. The maximum absolute atomic E-state index is 12.8. The van der Waals surface area contributed by atoms with Crippen LogP contribution < -0.4 is 0 Å². The molecule has 1 aromatic heterocycles. The number of carbonyl (C=O) groups excluding carboxylic acids is 2. The number of aryl methyl sites for hydroxylation is 1. The van der Waals surface area contributed by atoms with Crippen molar-refractivity contribution in [3.8, 4) is 0 Å². The molecule has 0 aliphatic carbocycles. The van der Waals surface area contributed by atoms with Gasteiger partial charge in [0.25, 0.3) is 5.91 Å². The van der Waals surface area contributed by atoms with Gasteiger partial charge in [0.2, 0.25) is 0 Å². The summed E-state index contributed by atoms with van der Waals surface area (Å²) >= 11 is 0. The van der Waals surface area contributed by atoms with Crippen LogP contribution in [0.5, 0.6) is 0 Å². The number of carbonyl (C=O) groups is 2. The van der Waals surface area contributed by atoms with E-state index in [-0.39, 0.29) is 17.6 Å². The largest absolute Gasteiger partial charge is 0.448 e. The monoisotopic (exact) mass is 340 g/mol. The predicted molar refractivity (Wildman–Crippen MR) is 96.0 cm³/mol. The highest BCUT2D eigenvalue weighted by Gasteiger charge is 2.26. The lowest BCUT2D eigenvalue weighted by atomic mass is 10.1. The molecule has 132 valence electrons. The molecule has 1 aromatic carbocycles. The van der Waals surface area contributed by atoms with E-state index in [1.54, 1.807) is 36.9 Å². The smallest absolute Gasteiger partial charge is 0.357 e. The Morgan fingerprint density at radius 3 is 2.32 bits per heavy atom. The summed E-state index contributed by atoms with van der Waals surface area (Å²) in [6.07, 6.45) is -0.874. The van der Waals surface area contributed by atoms with Crippen LogP contribution in [-0.4, -0.2) is 33.9 Å². The molecule has 0 aliphatic heterocycles. The van der Waals surface area contributed by atoms with Gasteiger partial charge in [-0.25, -0.2) is 9.78 Å². The van der Waals surface area contributed by atoms with Crippen LogP contribution in [0, 0.1) is 6.92 Å². The third-order valence-corrected chi connectivity index (χ3v) is 3.83. The van der Waals surface area contributed by atoms with Crippen LogP contribution in [0.15, 0.2) is 48.5 Å². The SMILES string of the molecule is Cc1cccc(C(=O)OC(C)C(=O)N(Cc2ccccc2)C(C)C)n1. The van der Waals surface area contributed by atoms with Gasteiger partial charge in [0, 0.05) is 18.3 Å². The standard InChI is InChI=1S/C20H24N2O3/c1-14(2)22(13-17-10-6-5-7-11-17)19(23)16(4)25-20(24)18-12-8-9-15(3)21-18/h5-12,14,16H,13H2,1-4H3. The number of amides is 1. The normalized spacial score (nSPS) is 11.9. The summed E-state index contributed by atoms with van der Waals surface area (Å²) in [6.45, 7) is 7.75. The minimum Gasteiger partial charge on any atom is -0.448 e. The van der Waals surface area contributed by atoms with E-state index >= 15 is 0 Å².